The van der Waals surface area contributed by atoms with Crippen molar-refractivity contribution in [1.82, 2.24) is 0 Å². The summed E-state index contributed by atoms with van der Waals surface area (Å²) in [5, 5.41) is 0. The number of hydrogen-bond donors (Lipinski definition) is 1. The molecule has 12 heavy (non-hydrogen) atoms. The average Bonchev–Trinajstić information content (AvgIpc) is 2.42. The Kier molecular flexibility index (Phi) is 1.65. The summed E-state index contributed by atoms with van der Waals surface area (Å²) in [7, 11) is 0. The van der Waals surface area contributed by atoms with Gasteiger partial charge in [0.1, 0.15) is 5.82 Å². The molecule has 0 aliphatic heterocycles. The molecule has 1 nitrogen and oxygen atoms in total. The van der Waals surface area contributed by atoms with Crippen LogP contribution in [-0.4, -0.2) is 0 Å². The zero-order chi connectivity index (χ0) is 8.72. The number of aryl methyl sites for hydroxylation is 1. The van der Waals surface area contributed by atoms with Crippen LogP contribution < -0.4 is 5.73 Å². The minimum atomic E-state index is -0.138. The molecule has 0 saturated carbocycles. The van der Waals surface area contributed by atoms with Crippen molar-refractivity contribution >= 4 is 0 Å². The number of rotatable bonds is 0. The highest BCUT2D eigenvalue weighted by Crippen LogP contribution is 2.33. The predicted molar refractivity (Wildman–Crippen MR) is 46.4 cm³/mol. The highest BCUT2D eigenvalue weighted by molar-refractivity contribution is 5.40. The molecule has 0 aromatic heterocycles. The van der Waals surface area contributed by atoms with Crippen LogP contribution in [0, 0.1) is 12.7 Å². The molecule has 0 heterocycles. The zero-order valence-electron chi connectivity index (χ0n) is 7.10. The number of halogens is 1. The minimum Gasteiger partial charge on any atom is -0.324 e. The maximum Gasteiger partial charge on any atom is 0.128 e. The molecule has 0 saturated heterocycles. The van der Waals surface area contributed by atoms with Gasteiger partial charge < -0.3 is 5.73 Å². The lowest BCUT2D eigenvalue weighted by Gasteiger charge is -2.07. The van der Waals surface area contributed by atoms with E-state index in [9.17, 15) is 4.39 Å². The largest absolute Gasteiger partial charge is 0.324 e. The first-order valence-corrected chi connectivity index (χ1v) is 4.23. The Hall–Kier alpha value is -0.890. The van der Waals surface area contributed by atoms with Crippen molar-refractivity contribution < 1.29 is 4.39 Å². The van der Waals surface area contributed by atoms with E-state index in [0.29, 0.717) is 0 Å². The highest BCUT2D eigenvalue weighted by atomic mass is 19.1. The quantitative estimate of drug-likeness (QED) is 0.625. The molecule has 64 valence electrons. The van der Waals surface area contributed by atoms with Crippen molar-refractivity contribution in [3.05, 3.63) is 34.6 Å². The van der Waals surface area contributed by atoms with Crippen LogP contribution in [0.3, 0.4) is 0 Å². The van der Waals surface area contributed by atoms with Gasteiger partial charge in [0.2, 0.25) is 0 Å². The molecule has 1 atom stereocenters. The molecule has 0 spiro atoms. The lowest BCUT2D eigenvalue weighted by atomic mass is 10.0. The molecule has 1 aromatic carbocycles. The van der Waals surface area contributed by atoms with E-state index in [2.05, 4.69) is 0 Å². The molecule has 0 bridgehead atoms. The molecule has 1 unspecified atom stereocenters. The third-order valence-corrected chi connectivity index (χ3v) is 2.61. The molecule has 1 aromatic rings. The van der Waals surface area contributed by atoms with Crippen LogP contribution in [0.5, 0.6) is 0 Å². The second kappa shape index (κ2) is 2.56. The Labute approximate surface area is 71.4 Å². The molecular weight excluding hydrogens is 153 g/mol. The van der Waals surface area contributed by atoms with Crippen LogP contribution in [0.25, 0.3) is 0 Å². The van der Waals surface area contributed by atoms with E-state index in [1.165, 1.54) is 11.6 Å². The molecule has 0 amide bonds. The van der Waals surface area contributed by atoms with E-state index in [0.717, 1.165) is 24.0 Å². The van der Waals surface area contributed by atoms with Gasteiger partial charge in [0, 0.05) is 11.6 Å². The normalized spacial score (nSPS) is 21.1. The Balaban J connectivity index is 2.64. The van der Waals surface area contributed by atoms with Crippen LogP contribution in [0.2, 0.25) is 0 Å². The van der Waals surface area contributed by atoms with Gasteiger partial charge in [-0.2, -0.15) is 0 Å². The second-order valence-electron chi connectivity index (χ2n) is 3.40. The third kappa shape index (κ3) is 0.950. The van der Waals surface area contributed by atoms with Crippen molar-refractivity contribution in [3.63, 3.8) is 0 Å². The van der Waals surface area contributed by atoms with Crippen molar-refractivity contribution in [1.29, 1.82) is 0 Å². The van der Waals surface area contributed by atoms with E-state index >= 15 is 0 Å². The summed E-state index contributed by atoms with van der Waals surface area (Å²) in [5.74, 6) is -0.138. The molecule has 1 aliphatic rings. The fourth-order valence-corrected chi connectivity index (χ4v) is 1.92. The second-order valence-corrected chi connectivity index (χ2v) is 3.40. The first-order chi connectivity index (χ1) is 5.70. The van der Waals surface area contributed by atoms with Gasteiger partial charge in [-0.25, -0.2) is 4.39 Å². The Morgan fingerprint density at radius 3 is 2.92 bits per heavy atom. The van der Waals surface area contributed by atoms with Crippen LogP contribution >= 0.6 is 0 Å². The molecular formula is C10H12FN. The highest BCUT2D eigenvalue weighted by Gasteiger charge is 2.23. The van der Waals surface area contributed by atoms with Crippen LogP contribution in [0.1, 0.15) is 29.2 Å². The standard InChI is InChI=1S/C10H12FN/c1-6-2-4-8(11)10-7(6)3-5-9(10)12/h2,4,9H,3,5,12H2,1H3. The van der Waals surface area contributed by atoms with Gasteiger partial charge in [-0.15, -0.1) is 0 Å². The van der Waals surface area contributed by atoms with Crippen LogP contribution in [-0.2, 0) is 6.42 Å². The third-order valence-electron chi connectivity index (χ3n) is 2.61. The summed E-state index contributed by atoms with van der Waals surface area (Å²) in [6.07, 6.45) is 1.82. The van der Waals surface area contributed by atoms with Gasteiger partial charge in [-0.05, 0) is 37.0 Å². The summed E-state index contributed by atoms with van der Waals surface area (Å²) in [5.41, 5.74) is 8.81. The van der Waals surface area contributed by atoms with E-state index in [-0.39, 0.29) is 11.9 Å². The molecule has 2 heteroatoms. The van der Waals surface area contributed by atoms with E-state index in [1.54, 1.807) is 0 Å². The molecule has 2 N–H and O–H groups in total. The van der Waals surface area contributed by atoms with E-state index < -0.39 is 0 Å². The van der Waals surface area contributed by atoms with Crippen molar-refractivity contribution in [2.75, 3.05) is 0 Å². The molecule has 0 radical (unpaired) electrons. The number of benzene rings is 1. The maximum atomic E-state index is 13.2. The van der Waals surface area contributed by atoms with Crippen molar-refractivity contribution in [3.8, 4) is 0 Å². The molecule has 0 fully saturated rings. The summed E-state index contributed by atoms with van der Waals surface area (Å²) in [6, 6.07) is 3.26. The molecule has 2 rings (SSSR count). The SMILES string of the molecule is Cc1ccc(F)c2c1CCC2N. The van der Waals surface area contributed by atoms with Crippen LogP contribution in [0.15, 0.2) is 12.1 Å². The van der Waals surface area contributed by atoms with Gasteiger partial charge in [0.05, 0.1) is 0 Å². The lowest BCUT2D eigenvalue weighted by Crippen LogP contribution is -2.07. The number of nitrogens with two attached hydrogens (primary N) is 1. The van der Waals surface area contributed by atoms with Gasteiger partial charge in [0.15, 0.2) is 0 Å². The lowest BCUT2D eigenvalue weighted by molar-refractivity contribution is 0.588. The first kappa shape index (κ1) is 7.74. The van der Waals surface area contributed by atoms with E-state index in [4.69, 9.17) is 5.73 Å². The van der Waals surface area contributed by atoms with Crippen molar-refractivity contribution in [2.45, 2.75) is 25.8 Å². The average molecular weight is 165 g/mol. The van der Waals surface area contributed by atoms with Gasteiger partial charge in [0.25, 0.3) is 0 Å². The number of hydrogen-bond acceptors (Lipinski definition) is 1. The van der Waals surface area contributed by atoms with Gasteiger partial charge in [-0.3, -0.25) is 0 Å². The maximum absolute atomic E-state index is 13.2. The van der Waals surface area contributed by atoms with Gasteiger partial charge >= 0.3 is 0 Å². The fourth-order valence-electron chi connectivity index (χ4n) is 1.92. The molecule has 1 aliphatic carbocycles. The topological polar surface area (TPSA) is 26.0 Å². The Morgan fingerprint density at radius 1 is 1.50 bits per heavy atom. The van der Waals surface area contributed by atoms with Crippen LogP contribution in [0.4, 0.5) is 4.39 Å². The Morgan fingerprint density at radius 2 is 2.25 bits per heavy atom. The number of fused-ring (bicyclic) bond motifs is 1. The Bertz CT molecular complexity index is 320. The summed E-state index contributed by atoms with van der Waals surface area (Å²) in [4.78, 5) is 0. The minimum absolute atomic E-state index is 0.0834. The fraction of sp³-hybridized carbons (Fsp3) is 0.400. The zero-order valence-corrected chi connectivity index (χ0v) is 7.10. The van der Waals surface area contributed by atoms with Gasteiger partial charge in [-0.1, -0.05) is 6.07 Å². The predicted octanol–water partition coefficient (Wildman–Crippen LogP) is 2.08. The van der Waals surface area contributed by atoms with Crippen molar-refractivity contribution in [2.24, 2.45) is 5.73 Å². The smallest absolute Gasteiger partial charge is 0.128 e. The summed E-state index contributed by atoms with van der Waals surface area (Å²) < 4.78 is 13.2. The summed E-state index contributed by atoms with van der Waals surface area (Å²) >= 11 is 0. The monoisotopic (exact) mass is 165 g/mol. The van der Waals surface area contributed by atoms with E-state index in [1.807, 2.05) is 13.0 Å². The first-order valence-electron chi connectivity index (χ1n) is 4.23. The summed E-state index contributed by atoms with van der Waals surface area (Å²) in [6.45, 7) is 2.01.